The zero-order chi connectivity index (χ0) is 19.9. The molecule has 6 heteroatoms. The first kappa shape index (κ1) is 20.6. The van der Waals surface area contributed by atoms with Gasteiger partial charge in [-0.2, -0.15) is 0 Å². The molecule has 0 bridgehead atoms. The van der Waals surface area contributed by atoms with Gasteiger partial charge in [0.1, 0.15) is 0 Å². The average molecular weight is 386 g/mol. The maximum absolute atomic E-state index is 12.6. The summed E-state index contributed by atoms with van der Waals surface area (Å²) in [6, 6.07) is 12.4. The van der Waals surface area contributed by atoms with E-state index < -0.39 is 0 Å². The van der Waals surface area contributed by atoms with E-state index in [0.717, 1.165) is 31.2 Å². The minimum Gasteiger partial charge on any atom is -0.395 e. The Labute approximate surface area is 167 Å². The van der Waals surface area contributed by atoms with Crippen molar-refractivity contribution in [2.75, 3.05) is 26.2 Å². The molecular weight excluding hydrogens is 354 g/mol. The highest BCUT2D eigenvalue weighted by Crippen LogP contribution is 2.23. The van der Waals surface area contributed by atoms with Crippen LogP contribution in [0, 0.1) is 5.92 Å². The first-order valence-electron chi connectivity index (χ1n) is 10.2. The van der Waals surface area contributed by atoms with Crippen LogP contribution in [0.5, 0.6) is 0 Å². The van der Waals surface area contributed by atoms with E-state index in [-0.39, 0.29) is 18.6 Å². The third kappa shape index (κ3) is 5.42. The first-order chi connectivity index (χ1) is 13.6. The van der Waals surface area contributed by atoms with Crippen molar-refractivity contribution in [1.29, 1.82) is 0 Å². The van der Waals surface area contributed by atoms with E-state index in [4.69, 9.17) is 4.52 Å². The molecule has 0 saturated carbocycles. The number of likely N-dealkylation sites (tertiary alicyclic amines) is 1. The molecule has 1 fully saturated rings. The lowest BCUT2D eigenvalue weighted by Crippen LogP contribution is -2.39. The number of nitrogens with zero attached hydrogens (tertiary/aromatic N) is 3. The van der Waals surface area contributed by atoms with Crippen molar-refractivity contribution in [2.45, 2.75) is 45.7 Å². The van der Waals surface area contributed by atoms with Gasteiger partial charge in [0.25, 0.3) is 5.91 Å². The Morgan fingerprint density at radius 2 is 2.00 bits per heavy atom. The summed E-state index contributed by atoms with van der Waals surface area (Å²) >= 11 is 0. The minimum atomic E-state index is -0.194. The van der Waals surface area contributed by atoms with Crippen molar-refractivity contribution in [3.05, 3.63) is 53.4 Å². The molecule has 152 valence electrons. The lowest BCUT2D eigenvalue weighted by Gasteiger charge is -2.31. The van der Waals surface area contributed by atoms with Gasteiger partial charge >= 0.3 is 0 Å². The van der Waals surface area contributed by atoms with Gasteiger partial charge in [-0.1, -0.05) is 35.5 Å². The van der Waals surface area contributed by atoms with Gasteiger partial charge in [-0.05, 0) is 57.7 Å². The van der Waals surface area contributed by atoms with Crippen LogP contribution in [0.1, 0.15) is 48.5 Å². The third-order valence-corrected chi connectivity index (χ3v) is 5.46. The molecule has 1 saturated heterocycles. The largest absolute Gasteiger partial charge is 0.395 e. The predicted octanol–water partition coefficient (Wildman–Crippen LogP) is 2.97. The van der Waals surface area contributed by atoms with Crippen LogP contribution in [0.4, 0.5) is 0 Å². The summed E-state index contributed by atoms with van der Waals surface area (Å²) in [6.45, 7) is 6.83. The van der Waals surface area contributed by atoms with Crippen LogP contribution >= 0.6 is 0 Å². The fraction of sp³-hybridized carbons (Fsp3) is 0.545. The molecule has 1 N–H and O–H groups in total. The molecule has 1 amide bonds. The van der Waals surface area contributed by atoms with E-state index in [1.54, 1.807) is 11.0 Å². The van der Waals surface area contributed by atoms with E-state index in [1.165, 1.54) is 18.4 Å². The van der Waals surface area contributed by atoms with E-state index in [1.807, 2.05) is 13.8 Å². The Bertz CT molecular complexity index is 736. The second kappa shape index (κ2) is 9.85. The van der Waals surface area contributed by atoms with Crippen LogP contribution < -0.4 is 0 Å². The second-order valence-electron chi connectivity index (χ2n) is 7.90. The van der Waals surface area contributed by atoms with Gasteiger partial charge in [-0.25, -0.2) is 0 Å². The molecule has 0 aliphatic carbocycles. The summed E-state index contributed by atoms with van der Waals surface area (Å²) in [6.07, 6.45) is 3.49. The number of carbonyl (C=O) groups is 1. The number of amides is 1. The van der Waals surface area contributed by atoms with Crippen molar-refractivity contribution >= 4 is 5.91 Å². The lowest BCUT2D eigenvalue weighted by molar-refractivity contribution is 0.0654. The zero-order valence-electron chi connectivity index (χ0n) is 16.9. The Kier molecular flexibility index (Phi) is 7.23. The summed E-state index contributed by atoms with van der Waals surface area (Å²) in [7, 11) is 0. The van der Waals surface area contributed by atoms with E-state index in [2.05, 4.69) is 40.4 Å². The Hall–Kier alpha value is -2.18. The van der Waals surface area contributed by atoms with Crippen molar-refractivity contribution in [1.82, 2.24) is 15.0 Å². The van der Waals surface area contributed by atoms with E-state index in [0.29, 0.717) is 18.8 Å². The van der Waals surface area contributed by atoms with Gasteiger partial charge in [-0.3, -0.25) is 9.69 Å². The molecule has 1 aliphatic heterocycles. The molecular formula is C22H31N3O3. The number of aliphatic hydroxyl groups is 1. The summed E-state index contributed by atoms with van der Waals surface area (Å²) in [4.78, 5) is 16.6. The summed E-state index contributed by atoms with van der Waals surface area (Å²) in [5, 5.41) is 13.1. The molecule has 3 rings (SSSR count). The molecule has 1 aliphatic rings. The molecule has 6 nitrogen and oxygen atoms in total. The van der Waals surface area contributed by atoms with Gasteiger partial charge in [0.05, 0.1) is 13.2 Å². The SMILES string of the molecule is CC(C)N(CCO)C(=O)c1cc(CN2CCC(Cc3ccccc3)CC2)on1. The quantitative estimate of drug-likeness (QED) is 0.757. The number of piperidine rings is 1. The Balaban J connectivity index is 1.50. The highest BCUT2D eigenvalue weighted by Gasteiger charge is 2.24. The maximum Gasteiger partial charge on any atom is 0.276 e. The number of hydrogen-bond donors (Lipinski definition) is 1. The van der Waals surface area contributed by atoms with Gasteiger partial charge in [-0.15, -0.1) is 0 Å². The van der Waals surface area contributed by atoms with Gasteiger partial charge in [0.2, 0.25) is 0 Å². The van der Waals surface area contributed by atoms with Crippen molar-refractivity contribution < 1.29 is 14.4 Å². The molecule has 1 aromatic heterocycles. The molecule has 0 atom stereocenters. The van der Waals surface area contributed by atoms with E-state index >= 15 is 0 Å². The predicted molar refractivity (Wildman–Crippen MR) is 108 cm³/mol. The first-order valence-corrected chi connectivity index (χ1v) is 10.2. The molecule has 28 heavy (non-hydrogen) atoms. The highest BCUT2D eigenvalue weighted by atomic mass is 16.5. The van der Waals surface area contributed by atoms with Gasteiger partial charge in [0.15, 0.2) is 11.5 Å². The fourth-order valence-electron chi connectivity index (χ4n) is 3.85. The molecule has 0 radical (unpaired) electrons. The number of benzene rings is 1. The van der Waals surface area contributed by atoms with E-state index in [9.17, 15) is 9.90 Å². The highest BCUT2D eigenvalue weighted by molar-refractivity contribution is 5.92. The fourth-order valence-corrected chi connectivity index (χ4v) is 3.85. The number of hydrogen-bond acceptors (Lipinski definition) is 5. The summed E-state index contributed by atoms with van der Waals surface area (Å²) in [5.74, 6) is 1.25. The zero-order valence-corrected chi connectivity index (χ0v) is 16.9. The molecule has 2 aromatic rings. The number of aromatic nitrogens is 1. The number of rotatable bonds is 8. The van der Waals surface area contributed by atoms with Crippen LogP contribution in [0.15, 0.2) is 40.9 Å². The van der Waals surface area contributed by atoms with Gasteiger partial charge in [0, 0.05) is 18.7 Å². The topological polar surface area (TPSA) is 69.8 Å². The Morgan fingerprint density at radius 3 is 2.64 bits per heavy atom. The average Bonchev–Trinajstić information content (AvgIpc) is 3.16. The summed E-state index contributed by atoms with van der Waals surface area (Å²) in [5.41, 5.74) is 1.73. The number of carbonyl (C=O) groups excluding carboxylic acids is 1. The minimum absolute atomic E-state index is 0.00319. The van der Waals surface area contributed by atoms with Crippen LogP contribution in [0.25, 0.3) is 0 Å². The molecule has 0 spiro atoms. The smallest absolute Gasteiger partial charge is 0.276 e. The van der Waals surface area contributed by atoms with Crippen molar-refractivity contribution in [2.24, 2.45) is 5.92 Å². The van der Waals surface area contributed by atoms with Crippen LogP contribution in [0.2, 0.25) is 0 Å². The molecule has 0 unspecified atom stereocenters. The normalized spacial score (nSPS) is 15.9. The third-order valence-electron chi connectivity index (χ3n) is 5.46. The van der Waals surface area contributed by atoms with Gasteiger partial charge < -0.3 is 14.5 Å². The maximum atomic E-state index is 12.6. The van der Waals surface area contributed by atoms with Crippen molar-refractivity contribution in [3.63, 3.8) is 0 Å². The van der Waals surface area contributed by atoms with Crippen LogP contribution in [0.3, 0.4) is 0 Å². The molecule has 2 heterocycles. The second-order valence-corrected chi connectivity index (χ2v) is 7.90. The van der Waals surface area contributed by atoms with Crippen LogP contribution in [-0.2, 0) is 13.0 Å². The lowest BCUT2D eigenvalue weighted by atomic mass is 9.90. The molecule has 1 aromatic carbocycles. The summed E-state index contributed by atoms with van der Waals surface area (Å²) < 4.78 is 5.42. The standard InChI is InChI=1S/C22H31N3O3/c1-17(2)25(12-13-26)22(27)21-15-20(28-23-21)16-24-10-8-19(9-11-24)14-18-6-4-3-5-7-18/h3-7,15,17,19,26H,8-14,16H2,1-2H3. The van der Waals surface area contributed by atoms with Crippen molar-refractivity contribution in [3.8, 4) is 0 Å². The number of aliphatic hydroxyl groups excluding tert-OH is 1. The van der Waals surface area contributed by atoms with Crippen LogP contribution in [-0.4, -0.2) is 58.3 Å². The monoisotopic (exact) mass is 385 g/mol. The Morgan fingerprint density at radius 1 is 1.29 bits per heavy atom.